The average molecular weight is 427 g/mol. The van der Waals surface area contributed by atoms with E-state index in [4.69, 9.17) is 8.83 Å². The van der Waals surface area contributed by atoms with E-state index in [2.05, 4.69) is 33.5 Å². The number of aromatic nitrogens is 2. The molecule has 5 rings (SSSR count). The van der Waals surface area contributed by atoms with Gasteiger partial charge in [0.05, 0.1) is 12.1 Å². The van der Waals surface area contributed by atoms with Crippen molar-refractivity contribution >= 4 is 18.1 Å². The van der Waals surface area contributed by atoms with Crippen molar-refractivity contribution in [2.45, 2.75) is 13.3 Å². The molecule has 2 aromatic heterocycles. The summed E-state index contributed by atoms with van der Waals surface area (Å²) < 4.78 is 11.5. The van der Waals surface area contributed by atoms with Crippen LogP contribution in [0.25, 0.3) is 40.0 Å². The average Bonchev–Trinajstić information content (AvgIpc) is 3.57. The van der Waals surface area contributed by atoms with Crippen LogP contribution in [0, 0.1) is 5.92 Å². The van der Waals surface area contributed by atoms with Gasteiger partial charge in [-0.2, -0.15) is 4.98 Å². The number of hydrogen-bond donors (Lipinski definition) is 2. The Morgan fingerprint density at radius 3 is 2.75 bits per heavy atom. The fraction of sp³-hybridized carbons (Fsp3) is 0.160. The molecule has 7 nitrogen and oxygen atoms in total. The van der Waals surface area contributed by atoms with E-state index >= 15 is 0 Å². The van der Waals surface area contributed by atoms with E-state index in [1.54, 1.807) is 13.1 Å². The highest BCUT2D eigenvalue weighted by Crippen LogP contribution is 2.39. The van der Waals surface area contributed by atoms with Crippen LogP contribution in [0.15, 0.2) is 70.0 Å². The Morgan fingerprint density at radius 1 is 1.19 bits per heavy atom. The fourth-order valence-electron chi connectivity index (χ4n) is 3.74. The van der Waals surface area contributed by atoms with Crippen LogP contribution in [0.1, 0.15) is 18.1 Å². The van der Waals surface area contributed by atoms with E-state index in [0.717, 1.165) is 28.7 Å². The maximum Gasteiger partial charge on any atom is 0.308 e. The Kier molecular flexibility index (Phi) is 5.07. The zero-order valence-electron chi connectivity index (χ0n) is 17.4. The summed E-state index contributed by atoms with van der Waals surface area (Å²) in [5.74, 6) is -0.114. The van der Waals surface area contributed by atoms with Crippen molar-refractivity contribution in [3.8, 4) is 33.9 Å². The summed E-state index contributed by atoms with van der Waals surface area (Å²) in [6.07, 6.45) is 8.19. The number of carboxylic acid groups (broad SMARTS) is 1. The van der Waals surface area contributed by atoms with Crippen molar-refractivity contribution in [3.05, 3.63) is 72.3 Å². The second-order valence-corrected chi connectivity index (χ2v) is 7.74. The van der Waals surface area contributed by atoms with E-state index in [1.165, 1.54) is 12.0 Å². The summed E-state index contributed by atoms with van der Waals surface area (Å²) in [6.45, 7) is 1.85. The highest BCUT2D eigenvalue weighted by molar-refractivity contribution is 5.85. The molecular formula is C25H21N3O4. The Balaban J connectivity index is 1.55. The minimum atomic E-state index is -0.876. The van der Waals surface area contributed by atoms with Gasteiger partial charge < -0.3 is 19.3 Å². The van der Waals surface area contributed by atoms with E-state index in [0.29, 0.717) is 23.2 Å². The third-order valence-electron chi connectivity index (χ3n) is 5.55. The zero-order valence-corrected chi connectivity index (χ0v) is 17.4. The van der Waals surface area contributed by atoms with Crippen molar-refractivity contribution in [2.75, 3.05) is 11.9 Å². The molecule has 7 heteroatoms. The van der Waals surface area contributed by atoms with E-state index in [-0.39, 0.29) is 6.54 Å². The van der Waals surface area contributed by atoms with E-state index < -0.39 is 11.9 Å². The van der Waals surface area contributed by atoms with Gasteiger partial charge in [0.15, 0.2) is 17.9 Å². The van der Waals surface area contributed by atoms with E-state index in [9.17, 15) is 9.90 Å². The van der Waals surface area contributed by atoms with Crippen molar-refractivity contribution in [3.63, 3.8) is 0 Å². The lowest BCUT2D eigenvalue weighted by Crippen LogP contribution is -2.19. The SMILES string of the molecule is CC(CNc1nc(-c2ccc(-c3cnco3)cc2)c(-c2cccc3c2C=CC3)o1)C(=O)O. The van der Waals surface area contributed by atoms with Gasteiger partial charge in [0.2, 0.25) is 0 Å². The molecular weight excluding hydrogens is 406 g/mol. The summed E-state index contributed by atoms with van der Waals surface area (Å²) in [7, 11) is 0. The molecule has 2 N–H and O–H groups in total. The predicted molar refractivity (Wildman–Crippen MR) is 121 cm³/mol. The predicted octanol–water partition coefficient (Wildman–Crippen LogP) is 5.37. The van der Waals surface area contributed by atoms with Crippen LogP contribution in [-0.2, 0) is 11.2 Å². The molecule has 0 amide bonds. The molecule has 2 aromatic carbocycles. The first-order valence-corrected chi connectivity index (χ1v) is 10.4. The number of allylic oxidation sites excluding steroid dienone is 1. The molecule has 0 saturated carbocycles. The van der Waals surface area contributed by atoms with Crippen LogP contribution < -0.4 is 5.32 Å². The number of fused-ring (bicyclic) bond motifs is 1. The van der Waals surface area contributed by atoms with Gasteiger partial charge in [-0.25, -0.2) is 4.98 Å². The summed E-state index contributed by atoms with van der Waals surface area (Å²) in [6, 6.07) is 14.2. The maximum absolute atomic E-state index is 11.2. The summed E-state index contributed by atoms with van der Waals surface area (Å²) >= 11 is 0. The number of aliphatic carboxylic acids is 1. The van der Waals surface area contributed by atoms with Crippen LogP contribution in [0.2, 0.25) is 0 Å². The third-order valence-corrected chi connectivity index (χ3v) is 5.55. The highest BCUT2D eigenvalue weighted by Gasteiger charge is 2.22. The molecule has 4 aromatic rings. The van der Waals surface area contributed by atoms with Crippen molar-refractivity contribution in [1.82, 2.24) is 9.97 Å². The number of oxazole rings is 2. The fourth-order valence-corrected chi connectivity index (χ4v) is 3.74. The van der Waals surface area contributed by atoms with Gasteiger partial charge in [-0.15, -0.1) is 0 Å². The highest BCUT2D eigenvalue weighted by atomic mass is 16.4. The molecule has 0 saturated heterocycles. The molecule has 0 radical (unpaired) electrons. The molecule has 0 fully saturated rings. The first kappa shape index (κ1) is 19.8. The smallest absolute Gasteiger partial charge is 0.308 e. The molecule has 160 valence electrons. The Labute approximate surface area is 184 Å². The molecule has 0 spiro atoms. The van der Waals surface area contributed by atoms with Gasteiger partial charge >= 0.3 is 5.97 Å². The van der Waals surface area contributed by atoms with E-state index in [1.807, 2.05) is 36.4 Å². The number of anilines is 1. The number of hydrogen-bond acceptors (Lipinski definition) is 6. The number of rotatable bonds is 7. The second-order valence-electron chi connectivity index (χ2n) is 7.74. The molecule has 0 bridgehead atoms. The first-order valence-electron chi connectivity index (χ1n) is 10.4. The topological polar surface area (TPSA) is 101 Å². The van der Waals surface area contributed by atoms with Gasteiger partial charge in [-0.1, -0.05) is 61.5 Å². The Bertz CT molecular complexity index is 1290. The van der Waals surface area contributed by atoms with Crippen LogP contribution in [0.4, 0.5) is 6.01 Å². The molecule has 1 unspecified atom stereocenters. The summed E-state index contributed by atoms with van der Waals surface area (Å²) in [4.78, 5) is 19.8. The lowest BCUT2D eigenvalue weighted by molar-refractivity contribution is -0.140. The minimum absolute atomic E-state index is 0.214. The first-order chi connectivity index (χ1) is 15.6. The number of carboxylic acids is 1. The summed E-state index contributed by atoms with van der Waals surface area (Å²) in [5.41, 5.74) is 5.79. The van der Waals surface area contributed by atoms with Crippen LogP contribution >= 0.6 is 0 Å². The molecule has 32 heavy (non-hydrogen) atoms. The number of nitrogens with one attached hydrogen (secondary N) is 1. The van der Waals surface area contributed by atoms with Gasteiger partial charge in [0.1, 0.15) is 5.69 Å². The van der Waals surface area contributed by atoms with Gasteiger partial charge in [-0.05, 0) is 17.5 Å². The van der Waals surface area contributed by atoms with Gasteiger partial charge in [0.25, 0.3) is 6.01 Å². The second kappa shape index (κ2) is 8.19. The molecule has 2 heterocycles. The van der Waals surface area contributed by atoms with Crippen molar-refractivity contribution < 1.29 is 18.7 Å². The molecule has 1 aliphatic rings. The van der Waals surface area contributed by atoms with Gasteiger partial charge in [-0.3, -0.25) is 4.79 Å². The standard InChI is InChI=1S/C25H21N3O4/c1-15(24(29)30)12-27-25-28-22(18-10-8-17(9-11-18)21-13-26-14-31-21)23(32-25)20-7-3-5-16-4-2-6-19(16)20/h2-3,5-11,13-15H,4,12H2,1H3,(H,27,28)(H,29,30). The third kappa shape index (κ3) is 3.69. The van der Waals surface area contributed by atoms with Crippen LogP contribution in [0.5, 0.6) is 0 Å². The lowest BCUT2D eigenvalue weighted by Gasteiger charge is -2.07. The largest absolute Gasteiger partial charge is 0.481 e. The molecule has 1 aliphatic carbocycles. The normalized spacial score (nSPS) is 13.2. The number of nitrogens with zero attached hydrogens (tertiary/aromatic N) is 2. The number of benzene rings is 2. The molecule has 1 atom stereocenters. The van der Waals surface area contributed by atoms with Crippen molar-refractivity contribution in [2.24, 2.45) is 5.92 Å². The number of carbonyl (C=O) groups is 1. The monoisotopic (exact) mass is 427 g/mol. The van der Waals surface area contributed by atoms with Gasteiger partial charge in [0, 0.05) is 23.2 Å². The molecule has 0 aliphatic heterocycles. The zero-order chi connectivity index (χ0) is 22.1. The minimum Gasteiger partial charge on any atom is -0.481 e. The Morgan fingerprint density at radius 2 is 2.00 bits per heavy atom. The quantitative estimate of drug-likeness (QED) is 0.409. The lowest BCUT2D eigenvalue weighted by atomic mass is 9.98. The Hall–Kier alpha value is -4.13. The summed E-state index contributed by atoms with van der Waals surface area (Å²) in [5, 5.41) is 12.2. The van der Waals surface area contributed by atoms with Crippen LogP contribution in [0.3, 0.4) is 0 Å². The van der Waals surface area contributed by atoms with Crippen LogP contribution in [-0.4, -0.2) is 27.6 Å². The van der Waals surface area contributed by atoms with Crippen molar-refractivity contribution in [1.29, 1.82) is 0 Å². The maximum atomic E-state index is 11.2.